The van der Waals surface area contributed by atoms with E-state index in [4.69, 9.17) is 14.2 Å². The van der Waals surface area contributed by atoms with Gasteiger partial charge in [0.05, 0.1) is 32.9 Å². The van der Waals surface area contributed by atoms with Gasteiger partial charge in [-0.3, -0.25) is 9.59 Å². The lowest BCUT2D eigenvalue weighted by molar-refractivity contribution is -0.124. The smallest absolute Gasteiger partial charge is 0.332 e. The van der Waals surface area contributed by atoms with Gasteiger partial charge in [0.2, 0.25) is 5.91 Å². The van der Waals surface area contributed by atoms with E-state index in [1.165, 1.54) is 12.0 Å². The second-order valence-corrected chi connectivity index (χ2v) is 8.67. The minimum Gasteiger partial charge on any atom is -0.497 e. The molecule has 9 heteroatoms. The van der Waals surface area contributed by atoms with Gasteiger partial charge in [0.1, 0.15) is 23.3 Å². The Labute approximate surface area is 221 Å². The van der Waals surface area contributed by atoms with Crippen molar-refractivity contribution in [1.29, 1.82) is 0 Å². The fraction of sp³-hybridized carbons (Fsp3) is 0.276. The van der Waals surface area contributed by atoms with Crippen molar-refractivity contribution in [1.82, 2.24) is 4.90 Å². The number of ether oxygens (including phenoxy) is 3. The maximum absolute atomic E-state index is 13.5. The third kappa shape index (κ3) is 6.05. The highest BCUT2D eigenvalue weighted by Crippen LogP contribution is 2.30. The maximum Gasteiger partial charge on any atom is 0.332 e. The van der Waals surface area contributed by atoms with Crippen molar-refractivity contribution >= 4 is 29.2 Å². The van der Waals surface area contributed by atoms with Crippen LogP contribution in [-0.2, 0) is 16.0 Å². The molecular weight excluding hydrogens is 486 g/mol. The predicted molar refractivity (Wildman–Crippen MR) is 144 cm³/mol. The van der Waals surface area contributed by atoms with Gasteiger partial charge in [0.15, 0.2) is 0 Å². The Morgan fingerprint density at radius 2 is 1.58 bits per heavy atom. The van der Waals surface area contributed by atoms with Crippen molar-refractivity contribution in [2.45, 2.75) is 25.8 Å². The summed E-state index contributed by atoms with van der Waals surface area (Å²) in [5.74, 6) is 1.11. The number of nitrogens with one attached hydrogen (secondary N) is 1. The van der Waals surface area contributed by atoms with Gasteiger partial charge >= 0.3 is 6.03 Å². The normalized spacial score (nSPS) is 15.0. The van der Waals surface area contributed by atoms with Crippen LogP contribution in [0.3, 0.4) is 0 Å². The van der Waals surface area contributed by atoms with Gasteiger partial charge in [-0.05, 0) is 67.4 Å². The molecule has 3 aromatic rings. The number of amides is 4. The zero-order valence-electron chi connectivity index (χ0n) is 21.7. The molecule has 0 unspecified atom stereocenters. The minimum atomic E-state index is -0.949. The van der Waals surface area contributed by atoms with Crippen LogP contribution in [-0.4, -0.2) is 56.2 Å². The average molecular weight is 518 g/mol. The molecule has 0 aromatic heterocycles. The van der Waals surface area contributed by atoms with E-state index in [-0.39, 0.29) is 18.9 Å². The molecule has 0 aliphatic carbocycles. The van der Waals surface area contributed by atoms with Gasteiger partial charge in [0, 0.05) is 18.3 Å². The highest BCUT2D eigenvalue weighted by Gasteiger charge is 2.46. The van der Waals surface area contributed by atoms with E-state index in [9.17, 15) is 14.4 Å². The van der Waals surface area contributed by atoms with Gasteiger partial charge < -0.3 is 24.4 Å². The Bertz CT molecular complexity index is 1280. The minimum absolute atomic E-state index is 0.180. The van der Waals surface area contributed by atoms with Gasteiger partial charge in [0.25, 0.3) is 5.91 Å². The van der Waals surface area contributed by atoms with Gasteiger partial charge in [-0.15, -0.1) is 0 Å². The number of hydrogen-bond donors (Lipinski definition) is 1. The molecule has 0 saturated carbocycles. The van der Waals surface area contributed by atoms with Crippen molar-refractivity contribution in [3.63, 3.8) is 0 Å². The standard InChI is InChI=1S/C29H31N3O6/c1-4-38-24-14-10-21(11-15-24)30-27(33)19-26-28(34)32(22-6-5-7-25(18-22)37-3)29(35)31(26)17-16-20-8-12-23(36-2)13-9-20/h5-15,18,26H,4,16-17,19H2,1-3H3,(H,30,33)/t26-/m0/s1. The molecule has 0 spiro atoms. The number of benzene rings is 3. The summed E-state index contributed by atoms with van der Waals surface area (Å²) in [4.78, 5) is 42.6. The highest BCUT2D eigenvalue weighted by atomic mass is 16.5. The van der Waals surface area contributed by atoms with Crippen molar-refractivity contribution < 1.29 is 28.6 Å². The molecule has 1 aliphatic heterocycles. The van der Waals surface area contributed by atoms with Crippen molar-refractivity contribution in [2.24, 2.45) is 0 Å². The lowest BCUT2D eigenvalue weighted by atomic mass is 10.1. The number of carbonyl (C=O) groups excluding carboxylic acids is 3. The summed E-state index contributed by atoms with van der Waals surface area (Å²) in [6, 6.07) is 19.8. The van der Waals surface area contributed by atoms with Gasteiger partial charge in [-0.2, -0.15) is 0 Å². The number of imide groups is 1. The van der Waals surface area contributed by atoms with Crippen LogP contribution in [0, 0.1) is 0 Å². The van der Waals surface area contributed by atoms with E-state index in [2.05, 4.69) is 5.32 Å². The molecule has 1 atom stereocenters. The van der Waals surface area contributed by atoms with Crippen LogP contribution >= 0.6 is 0 Å². The Morgan fingerprint density at radius 3 is 2.24 bits per heavy atom. The fourth-order valence-electron chi connectivity index (χ4n) is 4.31. The topological polar surface area (TPSA) is 97.4 Å². The SMILES string of the molecule is CCOc1ccc(NC(=O)C[C@H]2C(=O)N(c3cccc(OC)c3)C(=O)N2CCc2ccc(OC)cc2)cc1. The quantitative estimate of drug-likeness (QED) is 0.376. The van der Waals surface area contributed by atoms with Crippen molar-refractivity contribution in [2.75, 3.05) is 37.6 Å². The number of rotatable bonds is 11. The number of methoxy groups -OCH3 is 2. The number of carbonyl (C=O) groups is 3. The summed E-state index contributed by atoms with van der Waals surface area (Å²) in [6.07, 6.45) is 0.326. The molecule has 0 radical (unpaired) electrons. The zero-order valence-corrected chi connectivity index (χ0v) is 21.7. The Kier molecular flexibility index (Phi) is 8.47. The van der Waals surface area contributed by atoms with Crippen LogP contribution in [0.15, 0.2) is 72.8 Å². The molecule has 1 saturated heterocycles. The van der Waals surface area contributed by atoms with Gasteiger partial charge in [-0.1, -0.05) is 18.2 Å². The molecule has 198 valence electrons. The molecule has 38 heavy (non-hydrogen) atoms. The molecule has 4 amide bonds. The molecular formula is C29H31N3O6. The first-order valence-electron chi connectivity index (χ1n) is 12.4. The lowest BCUT2D eigenvalue weighted by Gasteiger charge is -2.21. The Balaban J connectivity index is 1.53. The summed E-state index contributed by atoms with van der Waals surface area (Å²) >= 11 is 0. The maximum atomic E-state index is 13.5. The second-order valence-electron chi connectivity index (χ2n) is 8.67. The first-order chi connectivity index (χ1) is 18.4. The summed E-state index contributed by atoms with van der Waals surface area (Å²) in [7, 11) is 3.11. The van der Waals surface area contributed by atoms with Crippen LogP contribution in [0.5, 0.6) is 17.2 Å². The average Bonchev–Trinajstić information content (AvgIpc) is 3.17. The number of nitrogens with zero attached hydrogens (tertiary/aromatic N) is 2. The van der Waals surface area contributed by atoms with Gasteiger partial charge in [-0.25, -0.2) is 9.69 Å². The van der Waals surface area contributed by atoms with E-state index >= 15 is 0 Å². The molecule has 4 rings (SSSR count). The highest BCUT2D eigenvalue weighted by molar-refractivity contribution is 6.22. The third-order valence-electron chi connectivity index (χ3n) is 6.26. The van der Waals surface area contributed by atoms with E-state index in [0.29, 0.717) is 35.9 Å². The molecule has 0 bridgehead atoms. The zero-order chi connectivity index (χ0) is 27.1. The second kappa shape index (κ2) is 12.1. The molecule has 1 heterocycles. The largest absolute Gasteiger partial charge is 0.497 e. The van der Waals surface area contributed by atoms with Crippen LogP contribution < -0.4 is 24.4 Å². The summed E-state index contributed by atoms with van der Waals surface area (Å²) in [5, 5.41) is 2.82. The Morgan fingerprint density at radius 1 is 0.895 bits per heavy atom. The molecule has 1 N–H and O–H groups in total. The predicted octanol–water partition coefficient (Wildman–Crippen LogP) is 4.51. The van der Waals surface area contributed by atoms with Crippen molar-refractivity contribution in [3.05, 3.63) is 78.4 Å². The van der Waals surface area contributed by atoms with E-state index in [0.717, 1.165) is 16.2 Å². The summed E-state index contributed by atoms with van der Waals surface area (Å²) < 4.78 is 15.9. The number of hydrogen-bond acceptors (Lipinski definition) is 6. The monoisotopic (exact) mass is 517 g/mol. The number of urea groups is 1. The van der Waals surface area contributed by atoms with E-state index in [1.54, 1.807) is 55.6 Å². The molecule has 1 aliphatic rings. The van der Waals surface area contributed by atoms with E-state index < -0.39 is 18.0 Å². The van der Waals surface area contributed by atoms with Crippen LogP contribution in [0.1, 0.15) is 18.9 Å². The van der Waals surface area contributed by atoms with Crippen molar-refractivity contribution in [3.8, 4) is 17.2 Å². The Hall–Kier alpha value is -4.53. The van der Waals surface area contributed by atoms with Crippen LogP contribution in [0.25, 0.3) is 0 Å². The lowest BCUT2D eigenvalue weighted by Crippen LogP contribution is -2.39. The van der Waals surface area contributed by atoms with E-state index in [1.807, 2.05) is 31.2 Å². The summed E-state index contributed by atoms with van der Waals surface area (Å²) in [5.41, 5.74) is 1.94. The molecule has 1 fully saturated rings. The first kappa shape index (κ1) is 26.5. The fourth-order valence-corrected chi connectivity index (χ4v) is 4.31. The first-order valence-corrected chi connectivity index (χ1v) is 12.4. The summed E-state index contributed by atoms with van der Waals surface area (Å²) in [6.45, 7) is 2.70. The molecule has 3 aromatic carbocycles. The number of anilines is 2. The van der Waals surface area contributed by atoms with Crippen LogP contribution in [0.4, 0.5) is 16.2 Å². The van der Waals surface area contributed by atoms with Crippen LogP contribution in [0.2, 0.25) is 0 Å². The third-order valence-corrected chi connectivity index (χ3v) is 6.26. The molecule has 9 nitrogen and oxygen atoms in total.